The van der Waals surface area contributed by atoms with Crippen LogP contribution in [0, 0.1) is 0 Å². The summed E-state index contributed by atoms with van der Waals surface area (Å²) in [5, 5.41) is 2.56. The third kappa shape index (κ3) is 5.81. The van der Waals surface area contributed by atoms with Gasteiger partial charge in [0, 0.05) is 27.8 Å². The van der Waals surface area contributed by atoms with Gasteiger partial charge in [0.25, 0.3) is 0 Å². The Kier molecular flexibility index (Phi) is 9.20. The number of rotatable bonds is 7. The van der Waals surface area contributed by atoms with E-state index in [1.54, 1.807) is 0 Å². The van der Waals surface area contributed by atoms with Gasteiger partial charge in [0.15, 0.2) is 0 Å². The molecule has 354 valence electrons. The van der Waals surface area contributed by atoms with Crippen molar-refractivity contribution >= 4 is 38.9 Å². The van der Waals surface area contributed by atoms with Crippen molar-refractivity contribution in [2.45, 2.75) is 10.8 Å². The van der Waals surface area contributed by atoms with E-state index in [-0.39, 0.29) is 0 Å². The predicted octanol–water partition coefficient (Wildman–Crippen LogP) is 18.6. The fourth-order valence-electron chi connectivity index (χ4n) is 14.0. The minimum Gasteiger partial charge on any atom is -0.310 e. The van der Waals surface area contributed by atoms with Crippen molar-refractivity contribution in [3.63, 3.8) is 0 Å². The van der Waals surface area contributed by atoms with E-state index in [9.17, 15) is 0 Å². The number of fused-ring (bicyclic) bond motifs is 15. The van der Waals surface area contributed by atoms with E-state index in [0.29, 0.717) is 0 Å². The first-order valence-corrected chi connectivity index (χ1v) is 26.5. The highest BCUT2D eigenvalue weighted by Gasteiger charge is 2.51. The lowest BCUT2D eigenvalue weighted by atomic mass is 9.65. The average Bonchev–Trinajstić information content (AvgIpc) is 4.22. The highest BCUT2D eigenvalue weighted by molar-refractivity contribution is 6.13. The largest absolute Gasteiger partial charge is 0.310 e. The SMILES string of the molecule is c1ccc(-c2ccc(N(c3ccc(-c4ccc5c(c4)-c4ccccc4C5(c4ccccc4)c4ccccc4)cc3)c3ccc4c(c3)C3(c5ccccc5-4)c4ccccc4-n4c5ccccc5c5cccc3c54)cc2)cc1. The number of hydrogen-bond donors (Lipinski definition) is 0. The first kappa shape index (κ1) is 42.7. The summed E-state index contributed by atoms with van der Waals surface area (Å²) in [6.07, 6.45) is 0. The molecule has 0 bridgehead atoms. The Hall–Kier alpha value is -9.76. The number of aromatic nitrogens is 1. The summed E-state index contributed by atoms with van der Waals surface area (Å²) in [6.45, 7) is 0. The standard InChI is InChI=1S/C74H48N2/c1-4-19-49(20-5-1)50-35-40-55(41-36-50)75(56-42-37-51(38-43-56)52-39-46-66-63(47-52)59-26-11-13-29-64(59)73(66,53-21-6-2-7-22-53)54-23-8-3-9-24-54)57-44-45-60-58-25-10-14-30-65(58)74(69(60)48-57)67-31-15-17-34-71(67)76-70-33-16-12-27-61(70)62-28-18-32-68(74)72(62)76/h1-48H. The third-order valence-corrected chi connectivity index (χ3v) is 17.1. The summed E-state index contributed by atoms with van der Waals surface area (Å²) in [6, 6.07) is 109. The van der Waals surface area contributed by atoms with Crippen LogP contribution in [-0.2, 0) is 10.8 Å². The minimum atomic E-state index is -0.570. The van der Waals surface area contributed by atoms with Gasteiger partial charge in [0.05, 0.1) is 27.6 Å². The molecule has 0 radical (unpaired) electrons. The maximum absolute atomic E-state index is 2.52. The molecule has 0 saturated carbocycles. The Bertz CT molecular complexity index is 4400. The molecule has 1 unspecified atom stereocenters. The van der Waals surface area contributed by atoms with Crippen LogP contribution in [0.5, 0.6) is 0 Å². The van der Waals surface area contributed by atoms with Crippen LogP contribution in [0.3, 0.4) is 0 Å². The molecule has 16 rings (SSSR count). The van der Waals surface area contributed by atoms with Crippen molar-refractivity contribution in [1.29, 1.82) is 0 Å². The van der Waals surface area contributed by atoms with Gasteiger partial charge in [-0.2, -0.15) is 0 Å². The van der Waals surface area contributed by atoms with Crippen LogP contribution in [0.2, 0.25) is 0 Å². The fourth-order valence-corrected chi connectivity index (χ4v) is 14.0. The van der Waals surface area contributed by atoms with Gasteiger partial charge in [0.1, 0.15) is 0 Å². The van der Waals surface area contributed by atoms with Gasteiger partial charge in [-0.25, -0.2) is 0 Å². The summed E-state index contributed by atoms with van der Waals surface area (Å²) >= 11 is 0. The van der Waals surface area contributed by atoms with E-state index >= 15 is 0 Å². The van der Waals surface area contributed by atoms with Crippen LogP contribution in [0.4, 0.5) is 17.1 Å². The van der Waals surface area contributed by atoms with E-state index < -0.39 is 10.8 Å². The zero-order chi connectivity index (χ0) is 50.0. The lowest BCUT2D eigenvalue weighted by Crippen LogP contribution is -2.33. The van der Waals surface area contributed by atoms with Crippen molar-refractivity contribution in [2.24, 2.45) is 0 Å². The van der Waals surface area contributed by atoms with E-state index in [4.69, 9.17) is 0 Å². The summed E-state index contributed by atoms with van der Waals surface area (Å²) < 4.78 is 2.52. The molecule has 1 atom stereocenters. The first-order valence-electron chi connectivity index (χ1n) is 26.5. The number of benzene rings is 12. The second kappa shape index (κ2) is 16.4. The molecular formula is C74H48N2. The highest BCUT2D eigenvalue weighted by atomic mass is 15.1. The van der Waals surface area contributed by atoms with Crippen LogP contribution >= 0.6 is 0 Å². The molecule has 0 saturated heterocycles. The molecule has 2 nitrogen and oxygen atoms in total. The molecule has 0 fully saturated rings. The molecule has 1 aromatic heterocycles. The maximum Gasteiger partial charge on any atom is 0.0755 e. The minimum absolute atomic E-state index is 0.437. The summed E-state index contributed by atoms with van der Waals surface area (Å²) in [5.74, 6) is 0. The topological polar surface area (TPSA) is 8.17 Å². The molecule has 1 aliphatic heterocycles. The van der Waals surface area contributed by atoms with Crippen LogP contribution < -0.4 is 4.90 Å². The van der Waals surface area contributed by atoms with Crippen LogP contribution in [0.25, 0.3) is 72.0 Å². The van der Waals surface area contributed by atoms with E-state index in [1.807, 2.05) is 0 Å². The average molecular weight is 965 g/mol. The van der Waals surface area contributed by atoms with E-state index in [2.05, 4.69) is 301 Å². The van der Waals surface area contributed by atoms with Gasteiger partial charge in [-0.15, -0.1) is 0 Å². The number of nitrogens with zero attached hydrogens (tertiary/aromatic N) is 2. The van der Waals surface area contributed by atoms with E-state index in [1.165, 1.54) is 117 Å². The Labute approximate surface area is 442 Å². The molecule has 2 heterocycles. The van der Waals surface area contributed by atoms with Gasteiger partial charge in [0.2, 0.25) is 0 Å². The zero-order valence-corrected chi connectivity index (χ0v) is 41.6. The molecular weight excluding hydrogens is 917 g/mol. The lowest BCUT2D eigenvalue weighted by molar-refractivity contribution is 0.748. The second-order valence-corrected chi connectivity index (χ2v) is 20.7. The molecule has 2 heteroatoms. The first-order chi connectivity index (χ1) is 37.7. The van der Waals surface area contributed by atoms with Crippen molar-refractivity contribution in [3.05, 3.63) is 336 Å². The monoisotopic (exact) mass is 964 g/mol. The number of anilines is 3. The van der Waals surface area contributed by atoms with Crippen LogP contribution in [0.15, 0.2) is 291 Å². The molecule has 0 amide bonds. The van der Waals surface area contributed by atoms with E-state index in [0.717, 1.165) is 17.1 Å². The Balaban J connectivity index is 0.873. The smallest absolute Gasteiger partial charge is 0.0755 e. The fraction of sp³-hybridized carbons (Fsp3) is 0.0270. The number of para-hydroxylation sites is 3. The van der Waals surface area contributed by atoms with Crippen LogP contribution in [-0.4, -0.2) is 4.57 Å². The number of hydrogen-bond acceptors (Lipinski definition) is 1. The summed E-state index contributed by atoms with van der Waals surface area (Å²) in [7, 11) is 0. The third-order valence-electron chi connectivity index (χ3n) is 17.1. The highest BCUT2D eigenvalue weighted by Crippen LogP contribution is 2.62. The van der Waals surface area contributed by atoms with Gasteiger partial charge in [-0.3, -0.25) is 0 Å². The van der Waals surface area contributed by atoms with Crippen molar-refractivity contribution in [3.8, 4) is 50.2 Å². The Morgan fingerprint density at radius 3 is 1.43 bits per heavy atom. The normalized spacial score (nSPS) is 15.0. The summed E-state index contributed by atoms with van der Waals surface area (Å²) in [5.41, 5.74) is 26.3. The molecule has 13 aromatic rings. The predicted molar refractivity (Wildman–Crippen MR) is 315 cm³/mol. The molecule has 76 heavy (non-hydrogen) atoms. The van der Waals surface area contributed by atoms with Gasteiger partial charge in [-0.1, -0.05) is 237 Å². The van der Waals surface area contributed by atoms with Gasteiger partial charge < -0.3 is 9.47 Å². The summed E-state index contributed by atoms with van der Waals surface area (Å²) in [4.78, 5) is 2.45. The molecule has 12 aromatic carbocycles. The van der Waals surface area contributed by atoms with Crippen molar-refractivity contribution in [2.75, 3.05) is 4.90 Å². The van der Waals surface area contributed by atoms with Gasteiger partial charge in [-0.05, 0) is 144 Å². The molecule has 0 N–H and O–H groups in total. The van der Waals surface area contributed by atoms with Crippen molar-refractivity contribution < 1.29 is 0 Å². The molecule has 1 spiro atoms. The lowest BCUT2D eigenvalue weighted by Gasteiger charge is -2.40. The second-order valence-electron chi connectivity index (χ2n) is 20.7. The van der Waals surface area contributed by atoms with Crippen molar-refractivity contribution in [1.82, 2.24) is 4.57 Å². The Morgan fingerprint density at radius 2 is 0.737 bits per heavy atom. The zero-order valence-electron chi connectivity index (χ0n) is 41.6. The molecule has 3 aliphatic rings. The van der Waals surface area contributed by atoms with Gasteiger partial charge >= 0.3 is 0 Å². The Morgan fingerprint density at radius 1 is 0.263 bits per heavy atom. The maximum atomic E-state index is 2.52. The van der Waals surface area contributed by atoms with Crippen LogP contribution in [0.1, 0.15) is 44.5 Å². The molecule has 2 aliphatic carbocycles. The quantitative estimate of drug-likeness (QED) is 0.155.